The van der Waals surface area contributed by atoms with Crippen LogP contribution < -0.4 is 4.74 Å². The summed E-state index contributed by atoms with van der Waals surface area (Å²) in [7, 11) is 3.27. The van der Waals surface area contributed by atoms with Gasteiger partial charge in [0.2, 0.25) is 0 Å². The molecular formula is C18H18N4O3. The molecular weight excluding hydrogens is 320 g/mol. The second-order valence-electron chi connectivity index (χ2n) is 5.99. The number of ether oxygens (including phenoxy) is 2. The number of aromatic nitrogens is 4. The second-order valence-corrected chi connectivity index (χ2v) is 5.99. The van der Waals surface area contributed by atoms with Gasteiger partial charge in [-0.1, -0.05) is 12.1 Å². The lowest BCUT2D eigenvalue weighted by molar-refractivity contribution is 0.0964. The van der Waals surface area contributed by atoms with Crippen molar-refractivity contribution in [3.63, 3.8) is 0 Å². The van der Waals surface area contributed by atoms with Crippen LogP contribution in [0.2, 0.25) is 0 Å². The number of benzene rings is 1. The standard InChI is InChI=1S/C18H18N4O3/c1-24-10-13-16(11-6-8-12(25-2)9-7-11)18-20-19-17-14(22(18)21-13)4-3-5-15(17)23/h6-9H,3-5,10H2,1-2H3. The molecule has 128 valence electrons. The lowest BCUT2D eigenvalue weighted by Gasteiger charge is -2.13. The molecule has 1 aliphatic rings. The summed E-state index contributed by atoms with van der Waals surface area (Å²) in [4.78, 5) is 12.1. The predicted molar refractivity (Wildman–Crippen MR) is 90.8 cm³/mol. The van der Waals surface area contributed by atoms with Crippen molar-refractivity contribution in [3.05, 3.63) is 41.3 Å². The summed E-state index contributed by atoms with van der Waals surface area (Å²) in [6, 6.07) is 7.71. The number of carbonyl (C=O) groups is 1. The Morgan fingerprint density at radius 3 is 2.64 bits per heavy atom. The van der Waals surface area contributed by atoms with Crippen molar-refractivity contribution >= 4 is 11.4 Å². The van der Waals surface area contributed by atoms with Crippen molar-refractivity contribution in [1.29, 1.82) is 0 Å². The van der Waals surface area contributed by atoms with Crippen molar-refractivity contribution in [2.75, 3.05) is 14.2 Å². The number of fused-ring (bicyclic) bond motifs is 3. The molecule has 7 nitrogen and oxygen atoms in total. The van der Waals surface area contributed by atoms with Crippen molar-refractivity contribution in [1.82, 2.24) is 19.8 Å². The Balaban J connectivity index is 1.95. The van der Waals surface area contributed by atoms with E-state index in [0.717, 1.165) is 41.1 Å². The minimum Gasteiger partial charge on any atom is -0.497 e. The van der Waals surface area contributed by atoms with Crippen molar-refractivity contribution in [3.8, 4) is 16.9 Å². The average Bonchev–Trinajstić information content (AvgIpc) is 3.01. The van der Waals surface area contributed by atoms with Crippen LogP contribution in [0.4, 0.5) is 0 Å². The molecule has 0 amide bonds. The van der Waals surface area contributed by atoms with Gasteiger partial charge < -0.3 is 9.47 Å². The SMILES string of the molecule is COCc1nn2c3c(nnc2c1-c1ccc(OC)cc1)C(=O)CCC3. The topological polar surface area (TPSA) is 78.6 Å². The number of hydrogen-bond donors (Lipinski definition) is 0. The highest BCUT2D eigenvalue weighted by atomic mass is 16.5. The molecule has 0 fully saturated rings. The van der Waals surface area contributed by atoms with Gasteiger partial charge in [-0.05, 0) is 30.5 Å². The summed E-state index contributed by atoms with van der Waals surface area (Å²) >= 11 is 0. The van der Waals surface area contributed by atoms with Gasteiger partial charge in [0.05, 0.1) is 30.7 Å². The maximum Gasteiger partial charge on any atom is 0.185 e. The summed E-state index contributed by atoms with van der Waals surface area (Å²) in [5.74, 6) is 0.813. The molecule has 1 aliphatic carbocycles. The Labute approximate surface area is 144 Å². The van der Waals surface area contributed by atoms with Gasteiger partial charge in [-0.3, -0.25) is 4.79 Å². The van der Waals surface area contributed by atoms with E-state index in [0.29, 0.717) is 24.4 Å². The third-order valence-electron chi connectivity index (χ3n) is 4.45. The Bertz CT molecular complexity index is 947. The minimum absolute atomic E-state index is 0.0328. The molecule has 2 aromatic heterocycles. The third-order valence-corrected chi connectivity index (χ3v) is 4.45. The molecule has 0 aliphatic heterocycles. The van der Waals surface area contributed by atoms with E-state index in [1.54, 1.807) is 18.7 Å². The summed E-state index contributed by atoms with van der Waals surface area (Å²) < 4.78 is 12.3. The molecule has 25 heavy (non-hydrogen) atoms. The number of aryl methyl sites for hydroxylation is 1. The van der Waals surface area contributed by atoms with E-state index in [-0.39, 0.29) is 5.78 Å². The number of hydrogen-bond acceptors (Lipinski definition) is 6. The molecule has 2 heterocycles. The van der Waals surface area contributed by atoms with E-state index >= 15 is 0 Å². The zero-order valence-corrected chi connectivity index (χ0v) is 14.2. The van der Waals surface area contributed by atoms with E-state index in [4.69, 9.17) is 9.47 Å². The van der Waals surface area contributed by atoms with Gasteiger partial charge in [0.1, 0.15) is 5.75 Å². The number of carbonyl (C=O) groups excluding carboxylic acids is 1. The summed E-state index contributed by atoms with van der Waals surface area (Å²) in [6.45, 7) is 0.355. The van der Waals surface area contributed by atoms with Gasteiger partial charge in [0, 0.05) is 13.5 Å². The normalized spacial score (nSPS) is 13.9. The van der Waals surface area contributed by atoms with Crippen LogP contribution >= 0.6 is 0 Å². The fraction of sp³-hybridized carbons (Fsp3) is 0.333. The molecule has 0 saturated heterocycles. The lowest BCUT2D eigenvalue weighted by Crippen LogP contribution is -2.18. The predicted octanol–water partition coefficient (Wildman–Crippen LogP) is 2.47. The molecule has 0 radical (unpaired) electrons. The van der Waals surface area contributed by atoms with Gasteiger partial charge in [0.25, 0.3) is 0 Å². The minimum atomic E-state index is 0.0328. The monoisotopic (exact) mass is 338 g/mol. The highest BCUT2D eigenvalue weighted by Gasteiger charge is 2.26. The van der Waals surface area contributed by atoms with Gasteiger partial charge in [-0.2, -0.15) is 5.10 Å². The Hall–Kier alpha value is -2.80. The third kappa shape index (κ3) is 2.56. The first kappa shape index (κ1) is 15.7. The number of methoxy groups -OCH3 is 2. The van der Waals surface area contributed by atoms with Crippen molar-refractivity contribution < 1.29 is 14.3 Å². The Morgan fingerprint density at radius 1 is 1.12 bits per heavy atom. The maximum atomic E-state index is 12.1. The van der Waals surface area contributed by atoms with Gasteiger partial charge in [-0.25, -0.2) is 4.52 Å². The first-order valence-electron chi connectivity index (χ1n) is 8.16. The smallest absolute Gasteiger partial charge is 0.185 e. The number of Topliss-reactive ketones (excluding diaryl/α,β-unsaturated/α-hetero) is 1. The van der Waals surface area contributed by atoms with E-state index in [1.165, 1.54) is 0 Å². The van der Waals surface area contributed by atoms with Crippen LogP contribution in [-0.4, -0.2) is 39.8 Å². The molecule has 0 N–H and O–H groups in total. The van der Waals surface area contributed by atoms with E-state index in [2.05, 4.69) is 15.3 Å². The number of ketones is 1. The van der Waals surface area contributed by atoms with Gasteiger partial charge in [-0.15, -0.1) is 10.2 Å². The Kier molecular flexibility index (Phi) is 3.93. The van der Waals surface area contributed by atoms with Crippen molar-refractivity contribution in [2.24, 2.45) is 0 Å². The lowest BCUT2D eigenvalue weighted by atomic mass is 9.99. The first-order chi connectivity index (χ1) is 12.2. The van der Waals surface area contributed by atoms with E-state index in [9.17, 15) is 4.79 Å². The van der Waals surface area contributed by atoms with Crippen LogP contribution in [0.25, 0.3) is 16.8 Å². The highest BCUT2D eigenvalue weighted by Crippen LogP contribution is 2.31. The van der Waals surface area contributed by atoms with E-state index in [1.807, 2.05) is 24.3 Å². The van der Waals surface area contributed by atoms with Gasteiger partial charge in [0.15, 0.2) is 17.1 Å². The second kappa shape index (κ2) is 6.25. The largest absolute Gasteiger partial charge is 0.497 e. The van der Waals surface area contributed by atoms with Crippen LogP contribution in [0.5, 0.6) is 5.75 Å². The van der Waals surface area contributed by atoms with E-state index < -0.39 is 0 Å². The van der Waals surface area contributed by atoms with Crippen molar-refractivity contribution in [2.45, 2.75) is 25.9 Å². The van der Waals surface area contributed by atoms with Crippen LogP contribution in [0, 0.1) is 0 Å². The Morgan fingerprint density at radius 2 is 1.92 bits per heavy atom. The molecule has 3 aromatic rings. The molecule has 7 heteroatoms. The van der Waals surface area contributed by atoms with Gasteiger partial charge >= 0.3 is 0 Å². The first-order valence-corrected chi connectivity index (χ1v) is 8.16. The fourth-order valence-electron chi connectivity index (χ4n) is 3.26. The van der Waals surface area contributed by atoms with Crippen LogP contribution in [-0.2, 0) is 17.8 Å². The molecule has 1 aromatic carbocycles. The number of nitrogens with zero attached hydrogens (tertiary/aromatic N) is 4. The summed E-state index contributed by atoms with van der Waals surface area (Å²) in [5, 5.41) is 13.2. The molecule has 0 spiro atoms. The molecule has 0 saturated carbocycles. The average molecular weight is 338 g/mol. The summed E-state index contributed by atoms with van der Waals surface area (Å²) in [6.07, 6.45) is 2.10. The van der Waals surface area contributed by atoms with Crippen LogP contribution in [0.3, 0.4) is 0 Å². The maximum absolute atomic E-state index is 12.1. The quantitative estimate of drug-likeness (QED) is 0.727. The molecule has 0 atom stereocenters. The summed E-state index contributed by atoms with van der Waals surface area (Å²) in [5.41, 5.74) is 4.51. The zero-order chi connectivity index (χ0) is 17.4. The van der Waals surface area contributed by atoms with Crippen LogP contribution in [0.1, 0.15) is 34.7 Å². The zero-order valence-electron chi connectivity index (χ0n) is 14.2. The molecule has 0 unspecified atom stereocenters. The van der Waals surface area contributed by atoms with Crippen LogP contribution in [0.15, 0.2) is 24.3 Å². The highest BCUT2D eigenvalue weighted by molar-refractivity contribution is 5.96. The molecule has 0 bridgehead atoms. The fourth-order valence-corrected chi connectivity index (χ4v) is 3.26. The molecule has 4 rings (SSSR count). The number of rotatable bonds is 4.